The minimum Gasteiger partial charge on any atom is -0.507 e. The average molecular weight is 417 g/mol. The quantitative estimate of drug-likeness (QED) is 0.377. The molecule has 0 bridgehead atoms. The summed E-state index contributed by atoms with van der Waals surface area (Å²) in [5.41, 5.74) is 7.37. The first-order valence-corrected chi connectivity index (χ1v) is 9.72. The number of fused-ring (bicyclic) bond motifs is 2. The van der Waals surface area contributed by atoms with E-state index < -0.39 is 23.6 Å². The highest BCUT2D eigenvalue weighted by Gasteiger charge is 2.39. The van der Waals surface area contributed by atoms with Crippen molar-refractivity contribution in [2.75, 3.05) is 5.73 Å². The Morgan fingerprint density at radius 1 is 0.935 bits per heavy atom. The van der Waals surface area contributed by atoms with Gasteiger partial charge in [-0.2, -0.15) is 0 Å². The van der Waals surface area contributed by atoms with Gasteiger partial charge >= 0.3 is 0 Å². The maximum atomic E-state index is 13.0. The fourth-order valence-corrected chi connectivity index (χ4v) is 3.84. The highest BCUT2D eigenvalue weighted by molar-refractivity contribution is 6.31. The molecule has 0 atom stereocenters. The van der Waals surface area contributed by atoms with Crippen LogP contribution in [0.3, 0.4) is 0 Å². The number of ether oxygens (including phenoxy) is 3. The van der Waals surface area contributed by atoms with Crippen molar-refractivity contribution < 1.29 is 28.9 Å². The second-order valence-electron chi connectivity index (χ2n) is 7.90. The summed E-state index contributed by atoms with van der Waals surface area (Å²) in [6.45, 7) is 3.66. The predicted molar refractivity (Wildman–Crippen MR) is 111 cm³/mol. The van der Waals surface area contributed by atoms with Crippen LogP contribution in [0.15, 0.2) is 54.6 Å². The zero-order chi connectivity index (χ0) is 21.9. The lowest BCUT2D eigenvalue weighted by atomic mass is 9.82. The van der Waals surface area contributed by atoms with Crippen LogP contribution in [-0.4, -0.2) is 22.5 Å². The van der Waals surface area contributed by atoms with E-state index in [4.69, 9.17) is 19.9 Å². The maximum absolute atomic E-state index is 13.0. The molecule has 1 aliphatic heterocycles. The highest BCUT2D eigenvalue weighted by atomic mass is 16.9. The summed E-state index contributed by atoms with van der Waals surface area (Å²) < 4.78 is 17.1. The molecule has 0 radical (unpaired) electrons. The van der Waals surface area contributed by atoms with Gasteiger partial charge in [0, 0.05) is 22.8 Å². The van der Waals surface area contributed by atoms with Crippen LogP contribution in [0.25, 0.3) is 0 Å². The van der Waals surface area contributed by atoms with Gasteiger partial charge in [0.05, 0.1) is 16.8 Å². The van der Waals surface area contributed by atoms with Crippen molar-refractivity contribution in [3.05, 3.63) is 82.4 Å². The number of phenols is 1. The number of aromatic hydroxyl groups is 1. The summed E-state index contributed by atoms with van der Waals surface area (Å²) in [5, 5.41) is 10.5. The minimum atomic E-state index is -0.600. The molecule has 1 aliphatic carbocycles. The third-order valence-electron chi connectivity index (χ3n) is 5.34. The van der Waals surface area contributed by atoms with E-state index in [1.165, 1.54) is 6.07 Å². The van der Waals surface area contributed by atoms with Crippen molar-refractivity contribution in [1.82, 2.24) is 0 Å². The van der Waals surface area contributed by atoms with Crippen LogP contribution in [0.1, 0.15) is 57.5 Å². The van der Waals surface area contributed by atoms with E-state index in [-0.39, 0.29) is 39.4 Å². The van der Waals surface area contributed by atoms with Gasteiger partial charge in [-0.3, -0.25) is 9.59 Å². The molecule has 0 unspecified atom stereocenters. The standard InChI is InChI=1S/C24H19NO6/c1-24(2)30-23(31-24)12-7-9-13(10-8-12)29-17-11-16(26)18-19(20(17)25)22(28)15-6-4-3-5-14(15)21(18)27/h3-11,23,26H,25H2,1-2H3. The Balaban J connectivity index is 1.47. The number of ketones is 2. The molecule has 1 fully saturated rings. The van der Waals surface area contributed by atoms with Gasteiger partial charge in [-0.25, -0.2) is 0 Å². The molecule has 0 aromatic heterocycles. The van der Waals surface area contributed by atoms with Gasteiger partial charge in [-0.15, -0.1) is 0 Å². The predicted octanol–water partition coefficient (Wildman–Crippen LogP) is 4.32. The second kappa shape index (κ2) is 6.66. The first-order valence-electron chi connectivity index (χ1n) is 9.72. The molecule has 1 heterocycles. The summed E-state index contributed by atoms with van der Waals surface area (Å²) in [4.78, 5) is 25.9. The number of rotatable bonds is 3. The third kappa shape index (κ3) is 3.06. The molecule has 0 amide bonds. The van der Waals surface area contributed by atoms with E-state index >= 15 is 0 Å². The van der Waals surface area contributed by atoms with E-state index in [0.717, 1.165) is 5.56 Å². The topological polar surface area (TPSA) is 108 Å². The Labute approximate surface area is 178 Å². The van der Waals surface area contributed by atoms with Crippen molar-refractivity contribution in [3.8, 4) is 17.2 Å². The van der Waals surface area contributed by atoms with Crippen molar-refractivity contribution >= 4 is 17.3 Å². The Hall–Kier alpha value is -3.68. The highest BCUT2D eigenvalue weighted by Crippen LogP contribution is 2.43. The number of carbonyl (C=O) groups excluding carboxylic acids is 2. The van der Waals surface area contributed by atoms with Gasteiger partial charge in [0.25, 0.3) is 0 Å². The number of phenolic OH excluding ortho intramolecular Hbond substituents is 1. The van der Waals surface area contributed by atoms with Crippen LogP contribution in [-0.2, 0) is 9.47 Å². The Kier molecular flexibility index (Phi) is 4.15. The molecule has 5 rings (SSSR count). The van der Waals surface area contributed by atoms with Crippen LogP contribution < -0.4 is 10.5 Å². The SMILES string of the molecule is CC1(C)OC(c2ccc(Oc3cc(O)c4c(c3N)C(=O)c3ccccc3C4=O)cc2)O1. The number of anilines is 1. The van der Waals surface area contributed by atoms with Gasteiger partial charge in [0.2, 0.25) is 0 Å². The summed E-state index contributed by atoms with van der Waals surface area (Å²) in [5.74, 6) is -1.32. The lowest BCUT2D eigenvalue weighted by molar-refractivity contribution is -0.443. The van der Waals surface area contributed by atoms with Gasteiger partial charge < -0.3 is 25.1 Å². The lowest BCUT2D eigenvalue weighted by Crippen LogP contribution is -2.43. The summed E-state index contributed by atoms with van der Waals surface area (Å²) >= 11 is 0. The van der Waals surface area contributed by atoms with E-state index in [1.54, 1.807) is 48.5 Å². The third-order valence-corrected chi connectivity index (χ3v) is 5.34. The zero-order valence-corrected chi connectivity index (χ0v) is 16.8. The van der Waals surface area contributed by atoms with Crippen LogP contribution >= 0.6 is 0 Å². The number of nitrogens with two attached hydrogens (primary N) is 1. The smallest absolute Gasteiger partial charge is 0.198 e. The molecular formula is C24H19NO6. The lowest BCUT2D eigenvalue weighted by Gasteiger charge is -2.42. The van der Waals surface area contributed by atoms with E-state index in [1.807, 2.05) is 13.8 Å². The molecule has 1 saturated heterocycles. The van der Waals surface area contributed by atoms with Crippen molar-refractivity contribution in [2.45, 2.75) is 25.9 Å². The number of carbonyl (C=O) groups is 2. The number of hydrogen-bond acceptors (Lipinski definition) is 7. The number of hydrogen-bond donors (Lipinski definition) is 2. The fourth-order valence-electron chi connectivity index (χ4n) is 3.84. The van der Waals surface area contributed by atoms with Crippen molar-refractivity contribution in [2.24, 2.45) is 0 Å². The molecule has 0 saturated carbocycles. The summed E-state index contributed by atoms with van der Waals surface area (Å²) in [7, 11) is 0. The zero-order valence-electron chi connectivity index (χ0n) is 16.8. The van der Waals surface area contributed by atoms with Crippen LogP contribution in [0.4, 0.5) is 5.69 Å². The van der Waals surface area contributed by atoms with E-state index in [9.17, 15) is 14.7 Å². The van der Waals surface area contributed by atoms with Gasteiger partial charge in [0.1, 0.15) is 11.5 Å². The van der Waals surface area contributed by atoms with Crippen LogP contribution in [0.2, 0.25) is 0 Å². The molecule has 156 valence electrons. The molecule has 2 aliphatic rings. The Morgan fingerprint density at radius 3 is 2.10 bits per heavy atom. The largest absolute Gasteiger partial charge is 0.507 e. The first-order chi connectivity index (χ1) is 14.7. The number of benzene rings is 3. The molecule has 3 aromatic carbocycles. The fraction of sp³-hybridized carbons (Fsp3) is 0.167. The second-order valence-corrected chi connectivity index (χ2v) is 7.90. The average Bonchev–Trinajstić information content (AvgIpc) is 2.73. The van der Waals surface area contributed by atoms with Crippen molar-refractivity contribution in [3.63, 3.8) is 0 Å². The molecule has 7 heteroatoms. The number of nitrogen functional groups attached to an aromatic ring is 1. The van der Waals surface area contributed by atoms with Gasteiger partial charge in [-0.1, -0.05) is 36.4 Å². The molecule has 3 N–H and O–H groups in total. The Bertz CT molecular complexity index is 1240. The normalized spacial score (nSPS) is 17.0. The summed E-state index contributed by atoms with van der Waals surface area (Å²) in [6.07, 6.45) is -0.439. The van der Waals surface area contributed by atoms with Crippen LogP contribution in [0.5, 0.6) is 17.2 Å². The molecular weight excluding hydrogens is 398 g/mol. The summed E-state index contributed by atoms with van der Waals surface area (Å²) in [6, 6.07) is 14.7. The molecule has 0 spiro atoms. The Morgan fingerprint density at radius 2 is 1.52 bits per heavy atom. The molecule has 31 heavy (non-hydrogen) atoms. The van der Waals surface area contributed by atoms with Crippen LogP contribution in [0, 0.1) is 0 Å². The van der Waals surface area contributed by atoms with Gasteiger partial charge in [-0.05, 0) is 26.0 Å². The molecule has 3 aromatic rings. The maximum Gasteiger partial charge on any atom is 0.198 e. The van der Waals surface area contributed by atoms with E-state index in [0.29, 0.717) is 5.75 Å². The monoisotopic (exact) mass is 417 g/mol. The van der Waals surface area contributed by atoms with Gasteiger partial charge in [0.15, 0.2) is 29.4 Å². The minimum absolute atomic E-state index is 0.00265. The van der Waals surface area contributed by atoms with E-state index in [2.05, 4.69) is 0 Å². The first kappa shape index (κ1) is 19.3. The molecule has 7 nitrogen and oxygen atoms in total. The van der Waals surface area contributed by atoms with Crippen molar-refractivity contribution in [1.29, 1.82) is 0 Å².